The highest BCUT2D eigenvalue weighted by Gasteiger charge is 2.26. The summed E-state index contributed by atoms with van der Waals surface area (Å²) in [7, 11) is 0. The molecular weight excluding hydrogens is 336 g/mol. The van der Waals surface area contributed by atoms with Crippen molar-refractivity contribution >= 4 is 17.5 Å². The molecule has 1 aromatic carbocycles. The molecule has 0 radical (unpaired) electrons. The first kappa shape index (κ1) is 19.6. The topological polar surface area (TPSA) is 70.1 Å². The first-order valence-corrected chi connectivity index (χ1v) is 9.90. The van der Waals surface area contributed by atoms with Gasteiger partial charge in [0.1, 0.15) is 5.82 Å². The molecular formula is C22H32N4O. The molecule has 3 N–H and O–H groups in total. The predicted molar refractivity (Wildman–Crippen MR) is 112 cm³/mol. The Hall–Kier alpha value is -2.14. The zero-order valence-electron chi connectivity index (χ0n) is 17.1. The average Bonchev–Trinajstić information content (AvgIpc) is 3.44. The highest BCUT2D eigenvalue weighted by atomic mass is 16.3. The molecule has 0 aliphatic heterocycles. The van der Waals surface area contributed by atoms with Crippen molar-refractivity contribution in [2.45, 2.75) is 64.8 Å². The lowest BCUT2D eigenvalue weighted by Gasteiger charge is -2.21. The molecule has 1 aliphatic carbocycles. The summed E-state index contributed by atoms with van der Waals surface area (Å²) in [4.78, 5) is 9.32. The van der Waals surface area contributed by atoms with E-state index in [0.29, 0.717) is 17.8 Å². The van der Waals surface area contributed by atoms with Crippen LogP contribution in [-0.2, 0) is 5.41 Å². The van der Waals surface area contributed by atoms with Gasteiger partial charge in [0.2, 0.25) is 5.95 Å². The van der Waals surface area contributed by atoms with Gasteiger partial charge in [0.25, 0.3) is 0 Å². The first-order chi connectivity index (χ1) is 12.8. The second-order valence-electron chi connectivity index (χ2n) is 8.91. The molecule has 1 saturated carbocycles. The van der Waals surface area contributed by atoms with Gasteiger partial charge in [-0.2, -0.15) is 4.98 Å². The molecule has 1 aromatic heterocycles. The van der Waals surface area contributed by atoms with E-state index in [1.165, 1.54) is 18.4 Å². The van der Waals surface area contributed by atoms with E-state index in [9.17, 15) is 5.11 Å². The molecule has 146 valence electrons. The van der Waals surface area contributed by atoms with E-state index in [0.717, 1.165) is 17.2 Å². The minimum atomic E-state index is -0.0571. The Labute approximate surface area is 162 Å². The molecule has 1 heterocycles. The number of nitrogens with one attached hydrogen (secondary N) is 2. The zero-order chi connectivity index (χ0) is 19.6. The summed E-state index contributed by atoms with van der Waals surface area (Å²) < 4.78 is 0. The highest BCUT2D eigenvalue weighted by molar-refractivity contribution is 5.58. The van der Waals surface area contributed by atoms with Crippen LogP contribution in [0, 0.1) is 5.92 Å². The van der Waals surface area contributed by atoms with Crippen molar-refractivity contribution in [2.75, 3.05) is 17.2 Å². The lowest BCUT2D eigenvalue weighted by molar-refractivity contribution is 0.248. The molecule has 0 saturated heterocycles. The fourth-order valence-corrected chi connectivity index (χ4v) is 2.97. The molecule has 1 atom stereocenters. The monoisotopic (exact) mass is 368 g/mol. The molecule has 5 nitrogen and oxygen atoms in total. The van der Waals surface area contributed by atoms with Gasteiger partial charge in [-0.3, -0.25) is 0 Å². The summed E-state index contributed by atoms with van der Waals surface area (Å²) in [5.41, 5.74) is 3.53. The number of aliphatic hydroxyl groups excluding tert-OH is 1. The Morgan fingerprint density at radius 1 is 1.11 bits per heavy atom. The highest BCUT2D eigenvalue weighted by Crippen LogP contribution is 2.40. The summed E-state index contributed by atoms with van der Waals surface area (Å²) in [5.74, 6) is 2.20. The smallest absolute Gasteiger partial charge is 0.225 e. The van der Waals surface area contributed by atoms with Gasteiger partial charge in [0.15, 0.2) is 0 Å². The number of hydrogen-bond donors (Lipinski definition) is 3. The molecule has 0 amide bonds. The Morgan fingerprint density at radius 2 is 1.78 bits per heavy atom. The van der Waals surface area contributed by atoms with Crippen LogP contribution in [0.15, 0.2) is 30.3 Å². The van der Waals surface area contributed by atoms with Crippen LogP contribution in [-0.4, -0.2) is 27.7 Å². The van der Waals surface area contributed by atoms with E-state index in [4.69, 9.17) is 0 Å². The Morgan fingerprint density at radius 3 is 2.30 bits per heavy atom. The van der Waals surface area contributed by atoms with Gasteiger partial charge < -0.3 is 15.7 Å². The largest absolute Gasteiger partial charge is 0.394 e. The van der Waals surface area contributed by atoms with Crippen LogP contribution in [0.25, 0.3) is 0 Å². The SMILES string of the molecule is CC(C)[C@@H](CO)Nc1nc(Nc2ccc(C(C)(C)C)cc2)cc(C2CC2)n1. The summed E-state index contributed by atoms with van der Waals surface area (Å²) >= 11 is 0. The third kappa shape index (κ3) is 5.19. The number of nitrogens with zero attached hydrogens (tertiary/aromatic N) is 2. The van der Waals surface area contributed by atoms with Crippen molar-refractivity contribution in [3.8, 4) is 0 Å². The summed E-state index contributed by atoms with van der Waals surface area (Å²) in [6, 6.07) is 10.5. The number of anilines is 3. The van der Waals surface area contributed by atoms with Crippen molar-refractivity contribution in [2.24, 2.45) is 5.92 Å². The Balaban J connectivity index is 1.82. The van der Waals surface area contributed by atoms with Crippen molar-refractivity contribution in [3.63, 3.8) is 0 Å². The third-order valence-corrected chi connectivity index (χ3v) is 5.08. The van der Waals surface area contributed by atoms with E-state index in [-0.39, 0.29) is 18.1 Å². The van der Waals surface area contributed by atoms with E-state index >= 15 is 0 Å². The van der Waals surface area contributed by atoms with Crippen molar-refractivity contribution in [1.82, 2.24) is 9.97 Å². The normalized spacial score (nSPS) is 15.7. The van der Waals surface area contributed by atoms with Crippen LogP contribution in [0.4, 0.5) is 17.5 Å². The lowest BCUT2D eigenvalue weighted by atomic mass is 9.87. The number of aromatic nitrogens is 2. The second kappa shape index (κ2) is 7.85. The minimum Gasteiger partial charge on any atom is -0.394 e. The zero-order valence-corrected chi connectivity index (χ0v) is 17.1. The third-order valence-electron chi connectivity index (χ3n) is 5.08. The van der Waals surface area contributed by atoms with Gasteiger partial charge in [-0.25, -0.2) is 4.98 Å². The van der Waals surface area contributed by atoms with Crippen LogP contribution in [0.5, 0.6) is 0 Å². The summed E-state index contributed by atoms with van der Waals surface area (Å²) in [6.07, 6.45) is 2.37. The van der Waals surface area contributed by atoms with Crippen LogP contribution >= 0.6 is 0 Å². The van der Waals surface area contributed by atoms with Crippen LogP contribution < -0.4 is 10.6 Å². The van der Waals surface area contributed by atoms with Crippen molar-refractivity contribution in [1.29, 1.82) is 0 Å². The molecule has 0 unspecified atom stereocenters. The van der Waals surface area contributed by atoms with Gasteiger partial charge in [0, 0.05) is 17.7 Å². The molecule has 0 spiro atoms. The molecule has 1 fully saturated rings. The van der Waals surface area contributed by atoms with Gasteiger partial charge in [-0.05, 0) is 41.9 Å². The van der Waals surface area contributed by atoms with E-state index in [2.05, 4.69) is 79.5 Å². The number of hydrogen-bond acceptors (Lipinski definition) is 5. The average molecular weight is 369 g/mol. The number of benzene rings is 1. The second-order valence-corrected chi connectivity index (χ2v) is 8.91. The van der Waals surface area contributed by atoms with Gasteiger partial charge >= 0.3 is 0 Å². The van der Waals surface area contributed by atoms with E-state index in [1.807, 2.05) is 6.07 Å². The van der Waals surface area contributed by atoms with Gasteiger partial charge in [-0.1, -0.05) is 46.8 Å². The summed E-state index contributed by atoms with van der Waals surface area (Å²) in [6.45, 7) is 10.9. The van der Waals surface area contributed by atoms with Crippen LogP contribution in [0.3, 0.4) is 0 Å². The molecule has 3 rings (SSSR count). The molecule has 1 aliphatic rings. The van der Waals surface area contributed by atoms with E-state index < -0.39 is 0 Å². The maximum atomic E-state index is 9.61. The van der Waals surface area contributed by atoms with Crippen LogP contribution in [0.1, 0.15) is 64.6 Å². The summed E-state index contributed by atoms with van der Waals surface area (Å²) in [5, 5.41) is 16.3. The first-order valence-electron chi connectivity index (χ1n) is 9.90. The molecule has 27 heavy (non-hydrogen) atoms. The number of rotatable bonds is 7. The van der Waals surface area contributed by atoms with Crippen LogP contribution in [0.2, 0.25) is 0 Å². The van der Waals surface area contributed by atoms with E-state index in [1.54, 1.807) is 0 Å². The maximum absolute atomic E-state index is 9.61. The minimum absolute atomic E-state index is 0.0571. The lowest BCUT2D eigenvalue weighted by Crippen LogP contribution is -2.30. The van der Waals surface area contributed by atoms with Crippen molar-refractivity contribution in [3.05, 3.63) is 41.6 Å². The number of aliphatic hydroxyl groups is 1. The molecule has 2 aromatic rings. The Bertz CT molecular complexity index is 761. The maximum Gasteiger partial charge on any atom is 0.225 e. The Kier molecular flexibility index (Phi) is 5.70. The predicted octanol–water partition coefficient (Wildman–Crippen LogP) is 4.82. The van der Waals surface area contributed by atoms with Gasteiger partial charge in [0.05, 0.1) is 18.3 Å². The molecule has 5 heteroatoms. The fraction of sp³-hybridized carbons (Fsp3) is 0.545. The standard InChI is InChI=1S/C22H32N4O/c1-14(2)19(13-27)25-21-24-18(15-6-7-15)12-20(26-21)23-17-10-8-16(9-11-17)22(3,4)5/h8-12,14-15,19,27H,6-7,13H2,1-5H3,(H2,23,24,25,26)/t19-/m1/s1. The quantitative estimate of drug-likeness (QED) is 0.653. The fourth-order valence-electron chi connectivity index (χ4n) is 2.97. The molecule has 0 bridgehead atoms. The van der Waals surface area contributed by atoms with Gasteiger partial charge in [-0.15, -0.1) is 0 Å². The van der Waals surface area contributed by atoms with Crippen molar-refractivity contribution < 1.29 is 5.11 Å².